The fraction of sp³-hybridized carbons (Fsp3) is 0.375. The van der Waals surface area contributed by atoms with Crippen molar-refractivity contribution in [2.75, 3.05) is 11.9 Å². The summed E-state index contributed by atoms with van der Waals surface area (Å²) < 4.78 is 6.57. The minimum Gasteiger partial charge on any atom is -0.364 e. The highest BCUT2D eigenvalue weighted by Crippen LogP contribution is 2.22. The normalized spacial score (nSPS) is 11.0. The SMILES string of the molecule is CCCCc1nnc(NC(=O)COCc2nc3ccccc3s2)s1. The first kappa shape index (κ1) is 16.9. The number of carbonyl (C=O) groups excluding carboxylic acids is 1. The number of amides is 1. The molecule has 126 valence electrons. The number of aryl methyl sites for hydroxylation is 1. The monoisotopic (exact) mass is 362 g/mol. The van der Waals surface area contributed by atoms with E-state index in [1.165, 1.54) is 11.3 Å². The van der Waals surface area contributed by atoms with Crippen LogP contribution in [0.15, 0.2) is 24.3 Å². The van der Waals surface area contributed by atoms with Crippen LogP contribution in [0.5, 0.6) is 0 Å². The number of aromatic nitrogens is 3. The minimum absolute atomic E-state index is 0.0280. The van der Waals surface area contributed by atoms with Crippen molar-refractivity contribution < 1.29 is 9.53 Å². The number of hydrogen-bond acceptors (Lipinski definition) is 7. The third-order valence-corrected chi connectivity index (χ3v) is 5.16. The third kappa shape index (κ3) is 4.56. The van der Waals surface area contributed by atoms with Gasteiger partial charge in [-0.25, -0.2) is 4.98 Å². The van der Waals surface area contributed by atoms with Gasteiger partial charge in [0, 0.05) is 6.42 Å². The number of benzene rings is 1. The van der Waals surface area contributed by atoms with Crippen LogP contribution in [0.1, 0.15) is 29.8 Å². The summed E-state index contributed by atoms with van der Waals surface area (Å²) in [4.78, 5) is 16.4. The van der Waals surface area contributed by atoms with E-state index in [-0.39, 0.29) is 12.5 Å². The Hall–Kier alpha value is -1.90. The van der Waals surface area contributed by atoms with Gasteiger partial charge in [0.1, 0.15) is 16.6 Å². The van der Waals surface area contributed by atoms with E-state index in [0.29, 0.717) is 11.7 Å². The van der Waals surface area contributed by atoms with Crippen LogP contribution in [0.4, 0.5) is 5.13 Å². The summed E-state index contributed by atoms with van der Waals surface area (Å²) in [5, 5.41) is 13.1. The molecule has 1 amide bonds. The quantitative estimate of drug-likeness (QED) is 0.662. The Balaban J connectivity index is 1.44. The van der Waals surface area contributed by atoms with Crippen LogP contribution in [0.3, 0.4) is 0 Å². The number of anilines is 1. The molecular formula is C16H18N4O2S2. The second-order valence-corrected chi connectivity index (χ2v) is 7.40. The Morgan fingerprint density at radius 2 is 2.08 bits per heavy atom. The van der Waals surface area contributed by atoms with Crippen molar-refractivity contribution in [1.29, 1.82) is 0 Å². The number of ether oxygens (including phenoxy) is 1. The van der Waals surface area contributed by atoms with E-state index in [9.17, 15) is 4.79 Å². The average molecular weight is 362 g/mol. The Kier molecular flexibility index (Phi) is 5.84. The van der Waals surface area contributed by atoms with Crippen molar-refractivity contribution in [1.82, 2.24) is 15.2 Å². The van der Waals surface area contributed by atoms with Crippen molar-refractivity contribution >= 4 is 43.9 Å². The zero-order chi connectivity index (χ0) is 16.8. The van der Waals surface area contributed by atoms with Gasteiger partial charge >= 0.3 is 0 Å². The van der Waals surface area contributed by atoms with Crippen LogP contribution >= 0.6 is 22.7 Å². The van der Waals surface area contributed by atoms with E-state index in [1.54, 1.807) is 11.3 Å². The van der Waals surface area contributed by atoms with E-state index in [2.05, 4.69) is 27.4 Å². The molecule has 0 atom stereocenters. The number of unbranched alkanes of at least 4 members (excludes halogenated alkanes) is 1. The standard InChI is InChI=1S/C16H18N4O2S2/c1-2-3-8-14-19-20-16(24-14)18-13(21)9-22-10-15-17-11-6-4-5-7-12(11)23-15/h4-7H,2-3,8-10H2,1H3,(H,18,20,21). The molecule has 0 aliphatic carbocycles. The molecule has 1 aromatic carbocycles. The molecule has 3 rings (SSSR count). The van der Waals surface area contributed by atoms with E-state index in [4.69, 9.17) is 4.74 Å². The van der Waals surface area contributed by atoms with Gasteiger partial charge in [-0.3, -0.25) is 10.1 Å². The highest BCUT2D eigenvalue weighted by Gasteiger charge is 2.09. The molecule has 0 unspecified atom stereocenters. The summed E-state index contributed by atoms with van der Waals surface area (Å²) in [6, 6.07) is 7.93. The summed E-state index contributed by atoms with van der Waals surface area (Å²) >= 11 is 2.99. The predicted molar refractivity (Wildman–Crippen MR) is 96.4 cm³/mol. The van der Waals surface area contributed by atoms with E-state index >= 15 is 0 Å². The molecule has 8 heteroatoms. The molecule has 0 saturated heterocycles. The first-order valence-corrected chi connectivity index (χ1v) is 9.42. The lowest BCUT2D eigenvalue weighted by Gasteiger charge is -2.01. The van der Waals surface area contributed by atoms with Crippen LogP contribution in [0.25, 0.3) is 10.2 Å². The molecule has 1 N–H and O–H groups in total. The van der Waals surface area contributed by atoms with Gasteiger partial charge in [0.25, 0.3) is 5.91 Å². The van der Waals surface area contributed by atoms with Gasteiger partial charge in [-0.05, 0) is 18.6 Å². The van der Waals surface area contributed by atoms with Gasteiger partial charge in [0.05, 0.1) is 16.8 Å². The number of carbonyl (C=O) groups is 1. The summed E-state index contributed by atoms with van der Waals surface area (Å²) in [7, 11) is 0. The van der Waals surface area contributed by atoms with Crippen LogP contribution < -0.4 is 5.32 Å². The largest absolute Gasteiger partial charge is 0.364 e. The van der Waals surface area contributed by atoms with Crippen molar-refractivity contribution in [2.24, 2.45) is 0 Å². The Labute approximate surface area is 147 Å². The highest BCUT2D eigenvalue weighted by molar-refractivity contribution is 7.18. The second kappa shape index (κ2) is 8.27. The molecule has 24 heavy (non-hydrogen) atoms. The molecule has 0 radical (unpaired) electrons. The maximum Gasteiger partial charge on any atom is 0.252 e. The fourth-order valence-electron chi connectivity index (χ4n) is 2.10. The lowest BCUT2D eigenvalue weighted by atomic mass is 10.3. The lowest BCUT2D eigenvalue weighted by molar-refractivity contribution is -0.121. The summed E-state index contributed by atoms with van der Waals surface area (Å²) in [6.45, 7) is 2.43. The van der Waals surface area contributed by atoms with Crippen LogP contribution in [0.2, 0.25) is 0 Å². The zero-order valence-electron chi connectivity index (χ0n) is 13.3. The molecule has 0 bridgehead atoms. The number of fused-ring (bicyclic) bond motifs is 1. The van der Waals surface area contributed by atoms with E-state index in [0.717, 1.165) is 39.5 Å². The molecule has 2 heterocycles. The Bertz CT molecular complexity index is 782. The number of nitrogens with zero attached hydrogens (tertiary/aromatic N) is 3. The molecule has 3 aromatic rings. The number of nitrogens with one attached hydrogen (secondary N) is 1. The van der Waals surface area contributed by atoms with Gasteiger partial charge in [0.15, 0.2) is 0 Å². The summed E-state index contributed by atoms with van der Waals surface area (Å²) in [6.07, 6.45) is 3.09. The molecule has 0 aliphatic rings. The topological polar surface area (TPSA) is 77.0 Å². The molecule has 0 spiro atoms. The molecular weight excluding hydrogens is 344 g/mol. The highest BCUT2D eigenvalue weighted by atomic mass is 32.1. The minimum atomic E-state index is -0.227. The maximum atomic E-state index is 11.9. The number of rotatable bonds is 8. The molecule has 6 nitrogen and oxygen atoms in total. The first-order chi connectivity index (χ1) is 11.7. The smallest absolute Gasteiger partial charge is 0.252 e. The van der Waals surface area contributed by atoms with Crippen LogP contribution in [-0.2, 0) is 22.6 Å². The van der Waals surface area contributed by atoms with Gasteiger partial charge in [0.2, 0.25) is 5.13 Å². The van der Waals surface area contributed by atoms with Gasteiger partial charge in [-0.1, -0.05) is 36.8 Å². The van der Waals surface area contributed by atoms with Crippen LogP contribution in [-0.4, -0.2) is 27.7 Å². The number of para-hydroxylation sites is 1. The molecule has 0 fully saturated rings. The van der Waals surface area contributed by atoms with E-state index < -0.39 is 0 Å². The first-order valence-electron chi connectivity index (χ1n) is 7.79. The van der Waals surface area contributed by atoms with Crippen molar-refractivity contribution in [3.05, 3.63) is 34.3 Å². The number of thiazole rings is 1. The van der Waals surface area contributed by atoms with Crippen molar-refractivity contribution in [3.8, 4) is 0 Å². The Morgan fingerprint density at radius 1 is 1.21 bits per heavy atom. The summed E-state index contributed by atoms with van der Waals surface area (Å²) in [5.74, 6) is -0.227. The fourth-order valence-corrected chi connectivity index (χ4v) is 3.80. The van der Waals surface area contributed by atoms with Crippen molar-refractivity contribution in [3.63, 3.8) is 0 Å². The third-order valence-electron chi connectivity index (χ3n) is 3.25. The number of hydrogen-bond donors (Lipinski definition) is 1. The van der Waals surface area contributed by atoms with Gasteiger partial charge < -0.3 is 4.74 Å². The van der Waals surface area contributed by atoms with Gasteiger partial charge in [-0.15, -0.1) is 21.5 Å². The molecule has 0 saturated carbocycles. The predicted octanol–water partition coefficient (Wildman–Crippen LogP) is 3.65. The second-order valence-electron chi connectivity index (χ2n) is 5.22. The molecule has 2 aromatic heterocycles. The zero-order valence-corrected chi connectivity index (χ0v) is 15.0. The molecule has 0 aliphatic heterocycles. The summed E-state index contributed by atoms with van der Waals surface area (Å²) in [5.41, 5.74) is 0.957. The van der Waals surface area contributed by atoms with Gasteiger partial charge in [-0.2, -0.15) is 0 Å². The van der Waals surface area contributed by atoms with Crippen LogP contribution in [0, 0.1) is 0 Å². The lowest BCUT2D eigenvalue weighted by Crippen LogP contribution is -2.18. The van der Waals surface area contributed by atoms with Crippen molar-refractivity contribution in [2.45, 2.75) is 32.8 Å². The van der Waals surface area contributed by atoms with E-state index in [1.807, 2.05) is 24.3 Å². The Morgan fingerprint density at radius 3 is 2.92 bits per heavy atom. The average Bonchev–Trinajstić information content (AvgIpc) is 3.19. The maximum absolute atomic E-state index is 11.9.